The number of carbonyl (C=O) groups is 1. The van der Waals surface area contributed by atoms with Crippen LogP contribution in [0, 0.1) is 0 Å². The van der Waals surface area contributed by atoms with Crippen molar-refractivity contribution in [3.63, 3.8) is 0 Å². The molecule has 0 fully saturated rings. The molecule has 42 heavy (non-hydrogen) atoms. The molecule has 0 bridgehead atoms. The van der Waals surface area contributed by atoms with Crippen LogP contribution in [0.4, 0.5) is 0 Å². The third-order valence-corrected chi connectivity index (χ3v) is 6.09. The molecule has 0 radical (unpaired) electrons. The number of allylic oxidation sites excluding steroid dienone is 4. The van der Waals surface area contributed by atoms with Crippen molar-refractivity contribution in [2.45, 2.75) is 13.2 Å². The van der Waals surface area contributed by atoms with E-state index in [1.54, 1.807) is 44.7 Å². The molecule has 1 aromatic heterocycles. The minimum Gasteiger partial charge on any atom is -0.497 e. The highest BCUT2D eigenvalue weighted by molar-refractivity contribution is 5.92. The highest BCUT2D eigenvalue weighted by Crippen LogP contribution is 2.15. The van der Waals surface area contributed by atoms with Crippen LogP contribution in [-0.4, -0.2) is 44.2 Å². The molecule has 1 aliphatic heterocycles. The lowest BCUT2D eigenvalue weighted by atomic mass is 10.2. The molecule has 0 aliphatic carbocycles. The van der Waals surface area contributed by atoms with E-state index in [9.17, 15) is 9.59 Å². The Bertz CT molecular complexity index is 1540. The lowest BCUT2D eigenvalue weighted by Gasteiger charge is -2.17. The van der Waals surface area contributed by atoms with Gasteiger partial charge in [0.1, 0.15) is 30.4 Å². The van der Waals surface area contributed by atoms with E-state index >= 15 is 0 Å². The van der Waals surface area contributed by atoms with Crippen molar-refractivity contribution in [3.8, 4) is 17.2 Å². The third kappa shape index (κ3) is 8.28. The smallest absolute Gasteiger partial charge is 0.271 e. The first kappa shape index (κ1) is 29.5. The Hall–Kier alpha value is -5.45. The highest BCUT2D eigenvalue weighted by Gasteiger charge is 2.16. The van der Waals surface area contributed by atoms with E-state index in [2.05, 4.69) is 15.6 Å². The first-order valence-electron chi connectivity index (χ1n) is 13.1. The summed E-state index contributed by atoms with van der Waals surface area (Å²) in [5.74, 6) is 0.963. The Morgan fingerprint density at radius 1 is 0.929 bits per heavy atom. The van der Waals surface area contributed by atoms with Crippen molar-refractivity contribution in [1.29, 1.82) is 0 Å². The van der Waals surface area contributed by atoms with Gasteiger partial charge in [-0.05, 0) is 47.5 Å². The average molecular weight is 572 g/mol. The zero-order valence-corrected chi connectivity index (χ0v) is 23.4. The molecule has 0 unspecified atom stereocenters. The average Bonchev–Trinajstić information content (AvgIpc) is 3.01. The normalized spacial score (nSPS) is 16.3. The second-order valence-corrected chi connectivity index (χ2v) is 9.00. The maximum Gasteiger partial charge on any atom is 0.271 e. The van der Waals surface area contributed by atoms with E-state index in [4.69, 9.17) is 24.8 Å². The summed E-state index contributed by atoms with van der Waals surface area (Å²) in [4.78, 5) is 36.1. The molecule has 2 aromatic carbocycles. The largest absolute Gasteiger partial charge is 0.497 e. The molecule has 218 valence electrons. The number of aromatic nitrogens is 1. The van der Waals surface area contributed by atoms with E-state index in [0.29, 0.717) is 29.4 Å². The second-order valence-electron chi connectivity index (χ2n) is 9.00. The number of ether oxygens (including phenoxy) is 3. The van der Waals surface area contributed by atoms with Gasteiger partial charge in [-0.15, -0.1) is 0 Å². The van der Waals surface area contributed by atoms with E-state index in [1.807, 2.05) is 42.5 Å². The number of nitrogens with one attached hydrogen (secondary N) is 2. The van der Waals surface area contributed by atoms with Crippen LogP contribution in [0.3, 0.4) is 0 Å². The van der Waals surface area contributed by atoms with Crippen LogP contribution in [-0.2, 0) is 13.2 Å². The second kappa shape index (κ2) is 14.8. The minimum atomic E-state index is -0.495. The predicted molar refractivity (Wildman–Crippen MR) is 160 cm³/mol. The van der Waals surface area contributed by atoms with Crippen molar-refractivity contribution in [1.82, 2.24) is 15.4 Å². The lowest BCUT2D eigenvalue weighted by Crippen LogP contribution is -2.35. The Kier molecular flexibility index (Phi) is 10.4. The van der Waals surface area contributed by atoms with Crippen LogP contribution < -0.4 is 40.8 Å². The Morgan fingerprint density at radius 3 is 2.26 bits per heavy atom. The fraction of sp³-hybridized carbons (Fsp3) is 0.194. The molecule has 0 spiro atoms. The van der Waals surface area contributed by atoms with Crippen LogP contribution in [0.15, 0.2) is 106 Å². The maximum absolute atomic E-state index is 13.2. The quantitative estimate of drug-likeness (QED) is 0.266. The summed E-state index contributed by atoms with van der Waals surface area (Å²) in [5.41, 5.74) is 8.40. The van der Waals surface area contributed by atoms with Gasteiger partial charge in [-0.25, -0.2) is 0 Å². The molecular weight excluding hydrogens is 538 g/mol. The topological polar surface area (TPSA) is 138 Å². The number of amides is 1. The number of nitrogens with two attached hydrogens (primary N) is 1. The fourth-order valence-corrected chi connectivity index (χ4v) is 3.79. The molecule has 3 aromatic rings. The number of rotatable bonds is 13. The van der Waals surface area contributed by atoms with E-state index in [0.717, 1.165) is 11.1 Å². The number of hydrogen-bond donors (Lipinski definition) is 3. The van der Waals surface area contributed by atoms with Crippen molar-refractivity contribution in [3.05, 3.63) is 124 Å². The zero-order valence-electron chi connectivity index (χ0n) is 23.4. The highest BCUT2D eigenvalue weighted by atomic mass is 16.7. The lowest BCUT2D eigenvalue weighted by molar-refractivity contribution is 0.0736. The molecule has 0 atom stereocenters. The SMILES string of the molecule is COc1ccc(COc2cn(OCc3ccc(OC)cc3)c(C(=O)NCCNC3=C(N)/C=N\C=C\C=C\3)cc2=O)cc1. The standard InChI is InChI=1S/C31H33N5O6/c1-39-24-10-6-22(7-11-24)20-41-30-19-36(42-21-23-8-12-25(40-2)13-9-23)28(17-29(30)37)31(38)35-16-15-34-27-5-3-4-14-33-18-26(27)32/h3-14,17-19,34H,15-16,20-21,32H2,1-2H3,(H,35,38)/b4-3?,5-3+,14-4+,26-18?,27-5?,27-26-,33-14?,33-18-. The number of methoxy groups -OCH3 is 2. The molecular formula is C31H33N5O6. The number of benzene rings is 2. The summed E-state index contributed by atoms with van der Waals surface area (Å²) < 4.78 is 17.4. The first-order valence-corrected chi connectivity index (χ1v) is 13.1. The van der Waals surface area contributed by atoms with Gasteiger partial charge in [-0.2, -0.15) is 4.73 Å². The Balaban J connectivity index is 1.46. The fourth-order valence-electron chi connectivity index (χ4n) is 3.79. The van der Waals surface area contributed by atoms with Crippen LogP contribution in [0.25, 0.3) is 0 Å². The monoisotopic (exact) mass is 571 g/mol. The first-order chi connectivity index (χ1) is 20.5. The zero-order chi connectivity index (χ0) is 29.7. The molecule has 4 rings (SSSR count). The van der Waals surface area contributed by atoms with Crippen molar-refractivity contribution in [2.24, 2.45) is 10.7 Å². The van der Waals surface area contributed by atoms with Gasteiger partial charge in [0.25, 0.3) is 5.91 Å². The summed E-state index contributed by atoms with van der Waals surface area (Å²) in [5, 5.41) is 5.97. The van der Waals surface area contributed by atoms with Crippen molar-refractivity contribution < 1.29 is 23.8 Å². The predicted octanol–water partition coefficient (Wildman–Crippen LogP) is 2.72. The summed E-state index contributed by atoms with van der Waals surface area (Å²) in [7, 11) is 3.18. The summed E-state index contributed by atoms with van der Waals surface area (Å²) >= 11 is 0. The number of pyridine rings is 1. The number of aliphatic imine (C=N–C) groups is 1. The summed E-state index contributed by atoms with van der Waals surface area (Å²) in [6, 6.07) is 15.8. The molecule has 2 heterocycles. The van der Waals surface area contributed by atoms with E-state index in [1.165, 1.54) is 23.2 Å². The summed E-state index contributed by atoms with van der Waals surface area (Å²) in [6.45, 7) is 0.897. The molecule has 0 saturated heterocycles. The molecule has 0 saturated carbocycles. The van der Waals surface area contributed by atoms with Crippen molar-refractivity contribution >= 4 is 12.1 Å². The Morgan fingerprint density at radius 2 is 1.60 bits per heavy atom. The molecule has 1 aliphatic rings. The van der Waals surface area contributed by atoms with Gasteiger partial charge < -0.3 is 35.4 Å². The van der Waals surface area contributed by atoms with E-state index < -0.39 is 11.3 Å². The van der Waals surface area contributed by atoms with Gasteiger partial charge in [0.15, 0.2) is 5.75 Å². The van der Waals surface area contributed by atoms with Crippen molar-refractivity contribution in [2.75, 3.05) is 27.3 Å². The molecule has 4 N–H and O–H groups in total. The van der Waals surface area contributed by atoms with E-state index in [-0.39, 0.29) is 31.2 Å². The number of carbonyl (C=O) groups excluding carboxylic acids is 1. The molecule has 11 nitrogen and oxygen atoms in total. The molecule has 1 amide bonds. The molecule has 11 heteroatoms. The maximum atomic E-state index is 13.2. The van der Waals surface area contributed by atoms with Gasteiger partial charge >= 0.3 is 0 Å². The summed E-state index contributed by atoms with van der Waals surface area (Å²) in [6.07, 6.45) is 9.95. The van der Waals surface area contributed by atoms with Gasteiger partial charge in [0.05, 0.1) is 38.0 Å². The van der Waals surface area contributed by atoms with Gasteiger partial charge in [-0.1, -0.05) is 30.3 Å². The van der Waals surface area contributed by atoms with Gasteiger partial charge in [0, 0.05) is 25.4 Å². The van der Waals surface area contributed by atoms with Gasteiger partial charge in [-0.3, -0.25) is 14.6 Å². The Labute approximate surface area is 243 Å². The van der Waals surface area contributed by atoms with Crippen LogP contribution in [0.2, 0.25) is 0 Å². The van der Waals surface area contributed by atoms with Crippen LogP contribution in [0.5, 0.6) is 17.2 Å². The number of hydrogen-bond acceptors (Lipinski definition) is 9. The van der Waals surface area contributed by atoms with Crippen LogP contribution in [0.1, 0.15) is 21.6 Å². The minimum absolute atomic E-state index is 0.0205. The number of nitrogens with zero attached hydrogens (tertiary/aromatic N) is 2. The van der Waals surface area contributed by atoms with Crippen LogP contribution >= 0.6 is 0 Å². The third-order valence-electron chi connectivity index (χ3n) is 6.09. The van der Waals surface area contributed by atoms with Gasteiger partial charge in [0.2, 0.25) is 5.43 Å².